The van der Waals surface area contributed by atoms with Crippen LogP contribution in [0.15, 0.2) is 41.3 Å². The lowest BCUT2D eigenvalue weighted by Crippen LogP contribution is -2.12. The van der Waals surface area contributed by atoms with E-state index in [1.807, 2.05) is 55.2 Å². The Hall–Kier alpha value is -2.36. The summed E-state index contributed by atoms with van der Waals surface area (Å²) in [5.74, 6) is 0. The summed E-state index contributed by atoms with van der Waals surface area (Å²) >= 11 is 0. The number of benzene rings is 1. The third-order valence-electron chi connectivity index (χ3n) is 3.55. The third kappa shape index (κ3) is 2.05. The van der Waals surface area contributed by atoms with Crippen molar-refractivity contribution in [1.82, 2.24) is 14.8 Å². The molecule has 0 fully saturated rings. The second-order valence-electron chi connectivity index (χ2n) is 4.77. The number of nitrogens with one attached hydrogen (secondary N) is 1. The van der Waals surface area contributed by atoms with Crippen molar-refractivity contribution in [3.63, 3.8) is 0 Å². The van der Waals surface area contributed by atoms with Gasteiger partial charge in [-0.25, -0.2) is 0 Å². The fourth-order valence-corrected chi connectivity index (χ4v) is 2.25. The zero-order valence-electron chi connectivity index (χ0n) is 11.0. The molecule has 4 nitrogen and oxygen atoms in total. The monoisotopic (exact) mass is 253 g/mol. The molecule has 1 N–H and O–H groups in total. The van der Waals surface area contributed by atoms with Gasteiger partial charge in [-0.15, -0.1) is 0 Å². The molecule has 2 heterocycles. The summed E-state index contributed by atoms with van der Waals surface area (Å²) in [5, 5.41) is 5.26. The highest BCUT2D eigenvalue weighted by molar-refractivity contribution is 5.78. The molecule has 0 atom stereocenters. The molecule has 0 bridgehead atoms. The topological polar surface area (TPSA) is 50.7 Å². The van der Waals surface area contributed by atoms with Crippen LogP contribution in [-0.4, -0.2) is 14.8 Å². The Labute approximate surface area is 110 Å². The van der Waals surface area contributed by atoms with Crippen LogP contribution >= 0.6 is 0 Å². The zero-order valence-corrected chi connectivity index (χ0v) is 11.0. The smallest absolute Gasteiger partial charge is 0.251 e. The molecule has 0 aliphatic rings. The van der Waals surface area contributed by atoms with Crippen LogP contribution < -0.4 is 5.56 Å². The van der Waals surface area contributed by atoms with E-state index in [0.29, 0.717) is 6.42 Å². The summed E-state index contributed by atoms with van der Waals surface area (Å²) in [5.41, 5.74) is 3.80. The zero-order chi connectivity index (χ0) is 13.4. The number of aromatic nitrogens is 3. The van der Waals surface area contributed by atoms with E-state index in [4.69, 9.17) is 0 Å². The normalized spacial score (nSPS) is 11.1. The average molecular weight is 253 g/mol. The lowest BCUT2D eigenvalue weighted by Gasteiger charge is -2.03. The largest absolute Gasteiger partial charge is 0.322 e. The quantitative estimate of drug-likeness (QED) is 0.761. The minimum atomic E-state index is -0.0260. The highest BCUT2D eigenvalue weighted by Gasteiger charge is 2.08. The lowest BCUT2D eigenvalue weighted by molar-refractivity contribution is 0.738. The molecule has 0 radical (unpaired) electrons. The van der Waals surface area contributed by atoms with Gasteiger partial charge in [-0.1, -0.05) is 18.2 Å². The van der Waals surface area contributed by atoms with E-state index in [1.54, 1.807) is 0 Å². The molecule has 0 amide bonds. The first-order chi connectivity index (χ1) is 9.15. The first-order valence-electron chi connectivity index (χ1n) is 6.23. The number of hydrogen-bond donors (Lipinski definition) is 1. The fraction of sp³-hybridized carbons (Fsp3) is 0.200. The molecular weight excluding hydrogens is 238 g/mol. The van der Waals surface area contributed by atoms with E-state index >= 15 is 0 Å². The van der Waals surface area contributed by atoms with Crippen molar-refractivity contribution in [3.05, 3.63) is 63.7 Å². The van der Waals surface area contributed by atoms with E-state index in [9.17, 15) is 4.79 Å². The molecule has 0 saturated heterocycles. The van der Waals surface area contributed by atoms with Crippen molar-refractivity contribution in [3.8, 4) is 0 Å². The van der Waals surface area contributed by atoms with Crippen molar-refractivity contribution in [2.75, 3.05) is 0 Å². The van der Waals surface area contributed by atoms with Crippen molar-refractivity contribution >= 4 is 10.9 Å². The number of hydrogen-bond acceptors (Lipinski definition) is 2. The minimum Gasteiger partial charge on any atom is -0.322 e. The molecule has 4 heteroatoms. The van der Waals surface area contributed by atoms with E-state index in [-0.39, 0.29) is 5.56 Å². The summed E-state index contributed by atoms with van der Waals surface area (Å²) in [4.78, 5) is 15.0. The van der Waals surface area contributed by atoms with Crippen LogP contribution in [0.2, 0.25) is 0 Å². The molecule has 3 aromatic rings. The van der Waals surface area contributed by atoms with E-state index < -0.39 is 0 Å². The second kappa shape index (κ2) is 4.39. The number of H-pyrrole nitrogens is 1. The summed E-state index contributed by atoms with van der Waals surface area (Å²) < 4.78 is 1.82. The van der Waals surface area contributed by atoms with Crippen LogP contribution in [0.4, 0.5) is 0 Å². The molecule has 0 aliphatic carbocycles. The SMILES string of the molecule is Cc1c(Cc2cc3ccccc3[nH]c2=O)cnn1C. The van der Waals surface area contributed by atoms with Gasteiger partial charge >= 0.3 is 0 Å². The Balaban J connectivity index is 2.08. The molecule has 2 aromatic heterocycles. The average Bonchev–Trinajstić information content (AvgIpc) is 2.71. The van der Waals surface area contributed by atoms with Crippen LogP contribution in [0, 0.1) is 6.92 Å². The van der Waals surface area contributed by atoms with Gasteiger partial charge in [-0.05, 0) is 30.0 Å². The molecule has 96 valence electrons. The molecule has 0 aliphatic heterocycles. The highest BCUT2D eigenvalue weighted by Crippen LogP contribution is 2.14. The summed E-state index contributed by atoms with van der Waals surface area (Å²) in [6, 6.07) is 9.77. The maximum absolute atomic E-state index is 12.1. The van der Waals surface area contributed by atoms with Gasteiger partial charge in [0.2, 0.25) is 0 Å². The third-order valence-corrected chi connectivity index (χ3v) is 3.55. The van der Waals surface area contributed by atoms with Gasteiger partial charge in [0.15, 0.2) is 0 Å². The maximum atomic E-state index is 12.1. The number of aryl methyl sites for hydroxylation is 1. The van der Waals surface area contributed by atoms with Crippen molar-refractivity contribution in [2.45, 2.75) is 13.3 Å². The van der Waals surface area contributed by atoms with Gasteiger partial charge < -0.3 is 4.98 Å². The van der Waals surface area contributed by atoms with Crippen LogP contribution in [0.3, 0.4) is 0 Å². The molecule has 1 aromatic carbocycles. The predicted octanol–water partition coefficient (Wildman–Crippen LogP) is 2.16. The number of pyridine rings is 1. The van der Waals surface area contributed by atoms with E-state index in [2.05, 4.69) is 10.1 Å². The number of nitrogens with zero attached hydrogens (tertiary/aromatic N) is 2. The van der Waals surface area contributed by atoms with Crippen molar-refractivity contribution in [1.29, 1.82) is 0 Å². The fourth-order valence-electron chi connectivity index (χ4n) is 2.25. The summed E-state index contributed by atoms with van der Waals surface area (Å²) in [6.07, 6.45) is 2.43. The van der Waals surface area contributed by atoms with Gasteiger partial charge in [-0.3, -0.25) is 9.48 Å². The van der Waals surface area contributed by atoms with Gasteiger partial charge in [-0.2, -0.15) is 5.10 Å². The number of fused-ring (bicyclic) bond motifs is 1. The number of para-hydroxylation sites is 1. The second-order valence-corrected chi connectivity index (χ2v) is 4.77. The Morgan fingerprint density at radius 1 is 1.26 bits per heavy atom. The Morgan fingerprint density at radius 3 is 2.79 bits per heavy atom. The summed E-state index contributed by atoms with van der Waals surface area (Å²) in [6.45, 7) is 2.01. The first-order valence-corrected chi connectivity index (χ1v) is 6.23. The van der Waals surface area contributed by atoms with Crippen LogP contribution in [-0.2, 0) is 13.5 Å². The Kier molecular flexibility index (Phi) is 2.71. The molecule has 0 saturated carbocycles. The van der Waals surface area contributed by atoms with Gasteiger partial charge in [0, 0.05) is 30.2 Å². The summed E-state index contributed by atoms with van der Waals surface area (Å²) in [7, 11) is 1.91. The van der Waals surface area contributed by atoms with E-state index in [0.717, 1.165) is 27.7 Å². The first kappa shape index (κ1) is 11.7. The van der Waals surface area contributed by atoms with Crippen molar-refractivity contribution < 1.29 is 0 Å². The molecule has 19 heavy (non-hydrogen) atoms. The molecular formula is C15H15N3O. The number of aromatic amines is 1. The van der Waals surface area contributed by atoms with E-state index in [1.165, 1.54) is 0 Å². The van der Waals surface area contributed by atoms with Crippen LogP contribution in [0.5, 0.6) is 0 Å². The van der Waals surface area contributed by atoms with Crippen molar-refractivity contribution in [2.24, 2.45) is 7.05 Å². The van der Waals surface area contributed by atoms with Gasteiger partial charge in [0.05, 0.1) is 6.20 Å². The lowest BCUT2D eigenvalue weighted by atomic mass is 10.1. The standard InChI is InChI=1S/C15H15N3O/c1-10-13(9-16-18(10)2)8-12-7-11-5-3-4-6-14(11)17-15(12)19/h3-7,9H,8H2,1-2H3,(H,17,19). The van der Waals surface area contributed by atoms with Gasteiger partial charge in [0.25, 0.3) is 5.56 Å². The molecule has 3 rings (SSSR count). The predicted molar refractivity (Wildman–Crippen MR) is 75.3 cm³/mol. The maximum Gasteiger partial charge on any atom is 0.251 e. The number of rotatable bonds is 2. The Morgan fingerprint density at radius 2 is 2.05 bits per heavy atom. The molecule has 0 spiro atoms. The Bertz CT molecular complexity index is 799. The minimum absolute atomic E-state index is 0.0260. The molecule has 0 unspecified atom stereocenters. The van der Waals surface area contributed by atoms with Crippen LogP contribution in [0.1, 0.15) is 16.8 Å². The van der Waals surface area contributed by atoms with Crippen LogP contribution in [0.25, 0.3) is 10.9 Å². The highest BCUT2D eigenvalue weighted by atomic mass is 16.1. The van der Waals surface area contributed by atoms with Gasteiger partial charge in [0.1, 0.15) is 0 Å².